The van der Waals surface area contributed by atoms with Gasteiger partial charge in [-0.3, -0.25) is 9.36 Å². The second-order valence-electron chi connectivity index (χ2n) is 10.0. The Kier molecular flexibility index (Phi) is 8.77. The van der Waals surface area contributed by atoms with E-state index in [1.54, 1.807) is 63.2 Å². The Bertz CT molecular complexity index is 1860. The summed E-state index contributed by atoms with van der Waals surface area (Å²) in [7, 11) is 0. The first-order valence-electron chi connectivity index (χ1n) is 14.0. The van der Waals surface area contributed by atoms with E-state index in [4.69, 9.17) is 18.6 Å². The van der Waals surface area contributed by atoms with Crippen molar-refractivity contribution < 1.29 is 28.2 Å². The number of allylic oxidation sites excluding steroid dienone is 1. The maximum absolute atomic E-state index is 13.9. The maximum atomic E-state index is 13.9. The van der Waals surface area contributed by atoms with Gasteiger partial charge in [-0.05, 0) is 76.6 Å². The Morgan fingerprint density at radius 1 is 0.977 bits per heavy atom. The topological polar surface area (TPSA) is 109 Å². The van der Waals surface area contributed by atoms with Gasteiger partial charge in [0.2, 0.25) is 0 Å². The molecule has 4 aromatic rings. The summed E-state index contributed by atoms with van der Waals surface area (Å²) in [5.74, 6) is 0.840. The van der Waals surface area contributed by atoms with Gasteiger partial charge < -0.3 is 18.6 Å². The number of carbonyl (C=O) groups is 2. The van der Waals surface area contributed by atoms with Gasteiger partial charge in [0.1, 0.15) is 17.3 Å². The molecule has 1 aliphatic heterocycles. The van der Waals surface area contributed by atoms with Crippen LogP contribution in [0, 0.1) is 0 Å². The van der Waals surface area contributed by atoms with Crippen LogP contribution < -0.4 is 19.6 Å². The molecule has 2 aromatic heterocycles. The van der Waals surface area contributed by atoms with Gasteiger partial charge in [-0.15, -0.1) is 0 Å². The minimum Gasteiger partial charge on any atom is -0.491 e. The van der Waals surface area contributed by atoms with E-state index in [-0.39, 0.29) is 24.2 Å². The van der Waals surface area contributed by atoms with Crippen LogP contribution in [0.1, 0.15) is 62.3 Å². The zero-order valence-corrected chi connectivity index (χ0v) is 25.4. The van der Waals surface area contributed by atoms with Crippen molar-refractivity contribution in [1.82, 2.24) is 4.57 Å². The molecule has 43 heavy (non-hydrogen) atoms. The van der Waals surface area contributed by atoms with Crippen LogP contribution in [0.5, 0.6) is 5.75 Å². The van der Waals surface area contributed by atoms with Gasteiger partial charge in [0.25, 0.3) is 5.56 Å². The number of rotatable bonds is 9. The molecule has 0 unspecified atom stereocenters. The normalized spacial score (nSPS) is 14.8. The molecule has 0 N–H and O–H groups in total. The predicted octanol–water partition coefficient (Wildman–Crippen LogP) is 5.02. The highest BCUT2D eigenvalue weighted by atomic mass is 32.1. The fraction of sp³-hybridized carbons (Fsp3) is 0.273. The second kappa shape index (κ2) is 12.7. The summed E-state index contributed by atoms with van der Waals surface area (Å²) in [6.45, 7) is 9.63. The highest BCUT2D eigenvalue weighted by Gasteiger charge is 2.33. The van der Waals surface area contributed by atoms with Crippen LogP contribution >= 0.6 is 11.3 Å². The molecule has 2 aromatic carbocycles. The molecule has 0 saturated heterocycles. The first-order chi connectivity index (χ1) is 20.7. The number of thiazole rings is 1. The number of fused-ring (bicyclic) bond motifs is 1. The number of benzene rings is 2. The number of furan rings is 1. The Labute approximate surface area is 252 Å². The summed E-state index contributed by atoms with van der Waals surface area (Å²) < 4.78 is 24.2. The minimum atomic E-state index is -0.726. The maximum Gasteiger partial charge on any atom is 0.338 e. The molecule has 1 aliphatic rings. The molecular weight excluding hydrogens is 568 g/mol. The average molecular weight is 601 g/mol. The van der Waals surface area contributed by atoms with Gasteiger partial charge >= 0.3 is 11.9 Å². The molecule has 0 radical (unpaired) electrons. The number of carbonyl (C=O) groups excluding carboxylic acids is 2. The molecule has 0 fully saturated rings. The highest BCUT2D eigenvalue weighted by molar-refractivity contribution is 7.07. The molecule has 0 aliphatic carbocycles. The largest absolute Gasteiger partial charge is 0.491 e. The van der Waals surface area contributed by atoms with E-state index in [1.165, 1.54) is 15.9 Å². The molecule has 0 saturated carbocycles. The lowest BCUT2D eigenvalue weighted by Gasteiger charge is -2.25. The summed E-state index contributed by atoms with van der Waals surface area (Å²) in [5.41, 5.74) is 2.45. The van der Waals surface area contributed by atoms with E-state index < -0.39 is 12.0 Å². The number of esters is 2. The van der Waals surface area contributed by atoms with Crippen LogP contribution in [-0.2, 0) is 14.3 Å². The van der Waals surface area contributed by atoms with Gasteiger partial charge in [-0.25, -0.2) is 14.6 Å². The Morgan fingerprint density at radius 3 is 2.30 bits per heavy atom. The lowest BCUT2D eigenvalue weighted by Crippen LogP contribution is -2.39. The van der Waals surface area contributed by atoms with Crippen LogP contribution in [0.25, 0.3) is 17.4 Å². The van der Waals surface area contributed by atoms with Gasteiger partial charge in [0.15, 0.2) is 4.80 Å². The van der Waals surface area contributed by atoms with Crippen molar-refractivity contribution >= 4 is 29.4 Å². The van der Waals surface area contributed by atoms with Crippen molar-refractivity contribution in [3.05, 3.63) is 109 Å². The van der Waals surface area contributed by atoms with Crippen LogP contribution in [-0.4, -0.2) is 35.8 Å². The zero-order chi connectivity index (χ0) is 30.7. The smallest absolute Gasteiger partial charge is 0.338 e. The fourth-order valence-electron chi connectivity index (χ4n) is 4.81. The lowest BCUT2D eigenvalue weighted by atomic mass is 9.96. The van der Waals surface area contributed by atoms with Crippen molar-refractivity contribution in [2.24, 2.45) is 4.99 Å². The van der Waals surface area contributed by atoms with Crippen molar-refractivity contribution in [3.8, 4) is 17.1 Å². The number of ether oxygens (including phenoxy) is 3. The third-order valence-electron chi connectivity index (χ3n) is 6.67. The third kappa shape index (κ3) is 6.24. The minimum absolute atomic E-state index is 0.00632. The summed E-state index contributed by atoms with van der Waals surface area (Å²) >= 11 is 1.22. The van der Waals surface area contributed by atoms with E-state index in [1.807, 2.05) is 38.1 Å². The standard InChI is InChI=1S/C33H32N2O7S/c1-6-39-31(37)23-10-8-21(9-11-23)26-17-16-25(42-26)18-27-30(36)35-29(22-12-14-24(15-13-22)41-19(3)4)28(32(38)40-7-2)20(5)34-33(35)43-27/h8-19,29H,6-7H2,1-5H3/b27-18-/t29-/m1/s1. The second-order valence-corrected chi connectivity index (χ2v) is 11.0. The number of hydrogen-bond donors (Lipinski definition) is 0. The number of hydrogen-bond acceptors (Lipinski definition) is 9. The van der Waals surface area contributed by atoms with Crippen molar-refractivity contribution in [2.45, 2.75) is 46.8 Å². The van der Waals surface area contributed by atoms with Crippen LogP contribution in [0.4, 0.5) is 0 Å². The fourth-order valence-corrected chi connectivity index (χ4v) is 5.83. The molecule has 5 rings (SSSR count). The summed E-state index contributed by atoms with van der Waals surface area (Å²) in [6.07, 6.45) is 1.67. The van der Waals surface area contributed by atoms with E-state index in [2.05, 4.69) is 4.99 Å². The van der Waals surface area contributed by atoms with Crippen LogP contribution in [0.3, 0.4) is 0 Å². The first kappa shape index (κ1) is 29.8. The molecule has 1 atom stereocenters. The van der Waals surface area contributed by atoms with Gasteiger partial charge in [0, 0.05) is 11.6 Å². The summed E-state index contributed by atoms with van der Waals surface area (Å²) in [5, 5.41) is 0. The van der Waals surface area contributed by atoms with Crippen molar-refractivity contribution in [3.63, 3.8) is 0 Å². The lowest BCUT2D eigenvalue weighted by molar-refractivity contribution is -0.139. The Morgan fingerprint density at radius 2 is 1.65 bits per heavy atom. The van der Waals surface area contributed by atoms with Crippen molar-refractivity contribution in [2.75, 3.05) is 13.2 Å². The van der Waals surface area contributed by atoms with E-state index >= 15 is 0 Å². The molecule has 0 bridgehead atoms. The summed E-state index contributed by atoms with van der Waals surface area (Å²) in [4.78, 5) is 44.1. The number of aromatic nitrogens is 1. The highest BCUT2D eigenvalue weighted by Crippen LogP contribution is 2.32. The molecule has 0 spiro atoms. The molecule has 9 nitrogen and oxygen atoms in total. The number of nitrogens with zero attached hydrogens (tertiary/aromatic N) is 2. The van der Waals surface area contributed by atoms with Gasteiger partial charge in [-0.2, -0.15) is 0 Å². The average Bonchev–Trinajstić information content (AvgIpc) is 3.57. The SMILES string of the molecule is CCOC(=O)C1=C(C)N=c2s/c(=C\c3ccc(-c4ccc(C(=O)OCC)cc4)o3)c(=O)n2[C@@H]1c1ccc(OC(C)C)cc1. The molecule has 3 heterocycles. The van der Waals surface area contributed by atoms with Gasteiger partial charge in [0.05, 0.1) is 46.7 Å². The zero-order valence-electron chi connectivity index (χ0n) is 24.6. The molecule has 10 heteroatoms. The summed E-state index contributed by atoms with van der Waals surface area (Å²) in [6, 6.07) is 17.1. The van der Waals surface area contributed by atoms with E-state index in [9.17, 15) is 14.4 Å². The van der Waals surface area contributed by atoms with Gasteiger partial charge in [-0.1, -0.05) is 35.6 Å². The predicted molar refractivity (Wildman–Crippen MR) is 163 cm³/mol. The van der Waals surface area contributed by atoms with E-state index in [0.29, 0.717) is 50.0 Å². The first-order valence-corrected chi connectivity index (χ1v) is 14.9. The Balaban J connectivity index is 1.53. The molecule has 0 amide bonds. The Hall–Kier alpha value is -4.70. The van der Waals surface area contributed by atoms with Crippen molar-refractivity contribution in [1.29, 1.82) is 0 Å². The third-order valence-corrected chi connectivity index (χ3v) is 7.65. The quantitative estimate of drug-likeness (QED) is 0.248. The molecule has 222 valence electrons. The van der Waals surface area contributed by atoms with Crippen LogP contribution in [0.2, 0.25) is 0 Å². The van der Waals surface area contributed by atoms with E-state index in [0.717, 1.165) is 11.1 Å². The molecular formula is C33H32N2O7S. The van der Waals surface area contributed by atoms with Crippen LogP contribution in [0.15, 0.2) is 86.1 Å². The monoisotopic (exact) mass is 600 g/mol.